The molecular formula is C25H34ClN3OS. The molecule has 0 saturated carbocycles. The summed E-state index contributed by atoms with van der Waals surface area (Å²) in [7, 11) is 4.11. The number of carbonyl (C=O) groups excluding carboxylic acids is 1. The lowest BCUT2D eigenvalue weighted by Gasteiger charge is -2.22. The van der Waals surface area contributed by atoms with E-state index in [4.69, 9.17) is 4.98 Å². The van der Waals surface area contributed by atoms with Crippen molar-refractivity contribution in [2.24, 2.45) is 0 Å². The van der Waals surface area contributed by atoms with Gasteiger partial charge in [0, 0.05) is 12.1 Å². The van der Waals surface area contributed by atoms with Crippen LogP contribution in [0.4, 0.5) is 5.13 Å². The lowest BCUT2D eigenvalue weighted by molar-refractivity contribution is 0.0986. The van der Waals surface area contributed by atoms with Crippen molar-refractivity contribution in [2.75, 3.05) is 32.1 Å². The molecule has 168 valence electrons. The van der Waals surface area contributed by atoms with Gasteiger partial charge in [-0.2, -0.15) is 0 Å². The number of nitrogens with zero attached hydrogens (tertiary/aromatic N) is 3. The first-order valence-electron chi connectivity index (χ1n) is 10.5. The molecule has 31 heavy (non-hydrogen) atoms. The summed E-state index contributed by atoms with van der Waals surface area (Å²) in [6.45, 7) is 12.3. The second kappa shape index (κ2) is 10.1. The van der Waals surface area contributed by atoms with E-state index in [1.54, 1.807) is 11.3 Å². The van der Waals surface area contributed by atoms with Gasteiger partial charge >= 0.3 is 0 Å². The fourth-order valence-corrected chi connectivity index (χ4v) is 4.45. The predicted octanol–water partition coefficient (Wildman–Crippen LogP) is 6.23. The van der Waals surface area contributed by atoms with E-state index in [9.17, 15) is 4.79 Å². The third kappa shape index (κ3) is 6.06. The number of hydrogen-bond donors (Lipinski definition) is 0. The van der Waals surface area contributed by atoms with Gasteiger partial charge in [0.15, 0.2) is 5.13 Å². The highest BCUT2D eigenvalue weighted by Crippen LogP contribution is 2.32. The molecule has 2 aromatic carbocycles. The molecule has 0 bridgehead atoms. The minimum atomic E-state index is 0. The number of amides is 1. The van der Waals surface area contributed by atoms with Crippen LogP contribution in [0.15, 0.2) is 36.4 Å². The van der Waals surface area contributed by atoms with Gasteiger partial charge in [-0.3, -0.25) is 9.69 Å². The number of hydrogen-bond acceptors (Lipinski definition) is 4. The molecule has 6 heteroatoms. The summed E-state index contributed by atoms with van der Waals surface area (Å²) in [4.78, 5) is 22.3. The highest BCUT2D eigenvalue weighted by molar-refractivity contribution is 7.22. The van der Waals surface area contributed by atoms with Gasteiger partial charge in [0.25, 0.3) is 5.91 Å². The molecular weight excluding hydrogens is 426 g/mol. The van der Waals surface area contributed by atoms with Crippen LogP contribution in [0.1, 0.15) is 54.2 Å². The zero-order valence-electron chi connectivity index (χ0n) is 19.7. The molecule has 1 heterocycles. The maximum atomic E-state index is 13.5. The van der Waals surface area contributed by atoms with Crippen molar-refractivity contribution in [1.82, 2.24) is 9.88 Å². The average Bonchev–Trinajstić information content (AvgIpc) is 3.06. The molecule has 0 spiro atoms. The zero-order chi connectivity index (χ0) is 22.1. The second-order valence-electron chi connectivity index (χ2n) is 9.34. The Morgan fingerprint density at radius 1 is 1.00 bits per heavy atom. The second-order valence-corrected chi connectivity index (χ2v) is 10.4. The van der Waals surface area contributed by atoms with Crippen molar-refractivity contribution in [1.29, 1.82) is 0 Å². The van der Waals surface area contributed by atoms with Crippen LogP contribution in [-0.4, -0.2) is 43.0 Å². The molecule has 1 aromatic heterocycles. The Kier molecular flexibility index (Phi) is 8.26. The smallest absolute Gasteiger partial charge is 0.260 e. The summed E-state index contributed by atoms with van der Waals surface area (Å²) in [6, 6.07) is 12.3. The van der Waals surface area contributed by atoms with Crippen LogP contribution in [0, 0.1) is 13.8 Å². The van der Waals surface area contributed by atoms with E-state index in [2.05, 4.69) is 77.9 Å². The number of halogens is 1. The summed E-state index contributed by atoms with van der Waals surface area (Å²) in [5.41, 5.74) is 5.44. The van der Waals surface area contributed by atoms with Crippen LogP contribution >= 0.6 is 23.7 Å². The van der Waals surface area contributed by atoms with Crippen molar-refractivity contribution in [3.8, 4) is 0 Å². The largest absolute Gasteiger partial charge is 0.309 e. The first-order valence-corrected chi connectivity index (χ1v) is 11.3. The molecule has 0 atom stereocenters. The number of aryl methyl sites for hydroxylation is 2. The van der Waals surface area contributed by atoms with Gasteiger partial charge in [0.05, 0.1) is 10.2 Å². The lowest BCUT2D eigenvalue weighted by Crippen LogP contribution is -2.33. The van der Waals surface area contributed by atoms with E-state index >= 15 is 0 Å². The van der Waals surface area contributed by atoms with Crippen LogP contribution in [0.2, 0.25) is 0 Å². The molecule has 0 unspecified atom stereocenters. The summed E-state index contributed by atoms with van der Waals surface area (Å²) in [6.07, 6.45) is 0.896. The molecule has 3 rings (SSSR count). The third-order valence-electron chi connectivity index (χ3n) is 5.45. The molecule has 0 fully saturated rings. The molecule has 1 amide bonds. The normalized spacial score (nSPS) is 11.6. The number of rotatable bonds is 6. The van der Waals surface area contributed by atoms with Gasteiger partial charge in [0.1, 0.15) is 0 Å². The summed E-state index contributed by atoms with van der Waals surface area (Å²) < 4.78 is 1.13. The van der Waals surface area contributed by atoms with E-state index in [1.165, 1.54) is 16.7 Å². The maximum absolute atomic E-state index is 13.5. The number of carbonyl (C=O) groups is 1. The number of fused-ring (bicyclic) bond motifs is 1. The first-order chi connectivity index (χ1) is 14.1. The van der Waals surface area contributed by atoms with Gasteiger partial charge in [-0.25, -0.2) is 4.98 Å². The standard InChI is InChI=1S/C25H33N3OS.ClH/c1-17-15-21-22(16-18(17)2)30-24(26-21)28(14-8-13-27(6)7)23(29)19-9-11-20(12-10-19)25(3,4)5;/h9-12,15-16H,8,13-14H2,1-7H3;1H. The Labute approximate surface area is 196 Å². The molecule has 4 nitrogen and oxygen atoms in total. The molecule has 0 aliphatic heterocycles. The maximum Gasteiger partial charge on any atom is 0.260 e. The third-order valence-corrected chi connectivity index (χ3v) is 6.49. The summed E-state index contributed by atoms with van der Waals surface area (Å²) in [5, 5.41) is 0.777. The van der Waals surface area contributed by atoms with E-state index < -0.39 is 0 Å². The Morgan fingerprint density at radius 2 is 1.61 bits per heavy atom. The van der Waals surface area contributed by atoms with Crippen molar-refractivity contribution in [3.05, 3.63) is 58.7 Å². The topological polar surface area (TPSA) is 36.4 Å². The number of anilines is 1. The molecule has 3 aromatic rings. The fourth-order valence-electron chi connectivity index (χ4n) is 3.38. The van der Waals surface area contributed by atoms with Gasteiger partial charge in [0.2, 0.25) is 0 Å². The highest BCUT2D eigenvalue weighted by atomic mass is 35.5. The zero-order valence-corrected chi connectivity index (χ0v) is 21.3. The Bertz CT molecular complexity index is 996. The fraction of sp³-hybridized carbons (Fsp3) is 0.440. The van der Waals surface area contributed by atoms with E-state index in [0.717, 1.165) is 28.3 Å². The van der Waals surface area contributed by atoms with Gasteiger partial charge in [-0.1, -0.05) is 44.2 Å². The monoisotopic (exact) mass is 459 g/mol. The SMILES string of the molecule is Cc1cc2nc(N(CCCN(C)C)C(=O)c3ccc(C(C)(C)C)cc3)sc2cc1C.Cl. The van der Waals surface area contributed by atoms with E-state index in [-0.39, 0.29) is 23.7 Å². The van der Waals surface area contributed by atoms with Crippen LogP contribution < -0.4 is 4.90 Å². The van der Waals surface area contributed by atoms with Crippen LogP contribution in [-0.2, 0) is 5.41 Å². The van der Waals surface area contributed by atoms with E-state index in [0.29, 0.717) is 12.1 Å². The Morgan fingerprint density at radius 3 is 2.19 bits per heavy atom. The van der Waals surface area contributed by atoms with E-state index in [1.807, 2.05) is 17.0 Å². The lowest BCUT2D eigenvalue weighted by atomic mass is 9.86. The first kappa shape index (κ1) is 25.3. The van der Waals surface area contributed by atoms with Crippen molar-refractivity contribution in [2.45, 2.75) is 46.5 Å². The molecule has 0 saturated heterocycles. The van der Waals surface area contributed by atoms with Gasteiger partial charge in [-0.15, -0.1) is 12.4 Å². The number of benzene rings is 2. The van der Waals surface area contributed by atoms with Gasteiger partial charge < -0.3 is 4.90 Å². The minimum Gasteiger partial charge on any atom is -0.309 e. The summed E-state index contributed by atoms with van der Waals surface area (Å²) in [5.74, 6) is 0.0155. The van der Waals surface area contributed by atoms with Crippen molar-refractivity contribution < 1.29 is 4.79 Å². The average molecular weight is 460 g/mol. The molecule has 0 radical (unpaired) electrons. The minimum absolute atomic E-state index is 0. The van der Waals surface area contributed by atoms with Gasteiger partial charge in [-0.05, 0) is 87.3 Å². The highest BCUT2D eigenvalue weighted by Gasteiger charge is 2.22. The quantitative estimate of drug-likeness (QED) is 0.438. The molecule has 0 N–H and O–H groups in total. The Balaban J connectivity index is 0.00000341. The summed E-state index contributed by atoms with van der Waals surface area (Å²) >= 11 is 1.60. The van der Waals surface area contributed by atoms with Crippen LogP contribution in [0.25, 0.3) is 10.2 Å². The van der Waals surface area contributed by atoms with Crippen molar-refractivity contribution in [3.63, 3.8) is 0 Å². The predicted molar refractivity (Wildman–Crippen MR) is 136 cm³/mol. The van der Waals surface area contributed by atoms with Crippen LogP contribution in [0.3, 0.4) is 0 Å². The van der Waals surface area contributed by atoms with Crippen LogP contribution in [0.5, 0.6) is 0 Å². The Hall–Kier alpha value is -1.95. The van der Waals surface area contributed by atoms with Crippen molar-refractivity contribution >= 4 is 45.0 Å². The molecule has 0 aliphatic rings. The number of thiazole rings is 1. The number of aromatic nitrogens is 1. The molecule has 0 aliphatic carbocycles.